The van der Waals surface area contributed by atoms with E-state index >= 15 is 0 Å². The van der Waals surface area contributed by atoms with E-state index in [-0.39, 0.29) is 5.65 Å². The Kier molecular flexibility index (Phi) is 5.82. The molecule has 154 valence electrons. The number of benzene rings is 2. The average Bonchev–Trinajstić information content (AvgIpc) is 3.23. The van der Waals surface area contributed by atoms with Gasteiger partial charge in [0.05, 0.1) is 5.52 Å². The van der Waals surface area contributed by atoms with Crippen LogP contribution in [0.2, 0.25) is 0 Å². The first-order valence-corrected chi connectivity index (χ1v) is 9.71. The Bertz CT molecular complexity index is 1380. The standard InChI is InChI=1S/C24H16FN3O.CH4O/c25-22-12-20(18-4-1-3-17(10-18)15-29)14-28-21(13-27-24(22)28)11-16-6-7-23-19(9-16)5-2-8-26-23;1-2/h1-10,12-15H,11H2;2H,1H3. The highest BCUT2D eigenvalue weighted by Gasteiger charge is 2.12. The number of carbonyl (C=O) groups is 1. The van der Waals surface area contributed by atoms with Gasteiger partial charge in [0.1, 0.15) is 6.29 Å². The van der Waals surface area contributed by atoms with Gasteiger partial charge in [0.2, 0.25) is 0 Å². The van der Waals surface area contributed by atoms with Crippen LogP contribution in [0.4, 0.5) is 4.39 Å². The van der Waals surface area contributed by atoms with E-state index in [0.29, 0.717) is 17.5 Å². The molecule has 0 atom stereocenters. The molecule has 3 heterocycles. The van der Waals surface area contributed by atoms with Gasteiger partial charge in [-0.3, -0.25) is 9.78 Å². The van der Waals surface area contributed by atoms with Gasteiger partial charge in [-0.15, -0.1) is 0 Å². The molecular formula is C25H20FN3O2. The molecule has 0 fully saturated rings. The average molecular weight is 413 g/mol. The van der Waals surface area contributed by atoms with Gasteiger partial charge < -0.3 is 9.51 Å². The summed E-state index contributed by atoms with van der Waals surface area (Å²) in [6.45, 7) is 0. The normalized spacial score (nSPS) is 10.7. The molecular weight excluding hydrogens is 393 g/mol. The molecule has 0 unspecified atom stereocenters. The highest BCUT2D eigenvalue weighted by molar-refractivity contribution is 5.80. The quantitative estimate of drug-likeness (QED) is 0.434. The summed E-state index contributed by atoms with van der Waals surface area (Å²) in [5, 5.41) is 8.07. The van der Waals surface area contributed by atoms with Crippen LogP contribution in [0.5, 0.6) is 0 Å². The van der Waals surface area contributed by atoms with Crippen molar-refractivity contribution >= 4 is 22.8 Å². The molecule has 1 N–H and O–H groups in total. The number of hydrogen-bond acceptors (Lipinski definition) is 4. The Labute approximate surface area is 178 Å². The van der Waals surface area contributed by atoms with E-state index in [0.717, 1.165) is 41.1 Å². The Balaban J connectivity index is 0.00000112. The smallest absolute Gasteiger partial charge is 0.173 e. The molecule has 0 saturated heterocycles. The van der Waals surface area contributed by atoms with E-state index < -0.39 is 5.82 Å². The van der Waals surface area contributed by atoms with Crippen LogP contribution in [-0.2, 0) is 6.42 Å². The van der Waals surface area contributed by atoms with E-state index in [2.05, 4.69) is 16.0 Å². The summed E-state index contributed by atoms with van der Waals surface area (Å²) in [6, 6.07) is 18.6. The van der Waals surface area contributed by atoms with Crippen molar-refractivity contribution in [3.8, 4) is 11.1 Å². The van der Waals surface area contributed by atoms with E-state index in [1.54, 1.807) is 35.0 Å². The van der Waals surface area contributed by atoms with Gasteiger partial charge in [-0.05, 0) is 41.5 Å². The fourth-order valence-corrected chi connectivity index (χ4v) is 3.62. The van der Waals surface area contributed by atoms with Crippen molar-refractivity contribution in [1.82, 2.24) is 14.4 Å². The predicted molar refractivity (Wildman–Crippen MR) is 119 cm³/mol. The lowest BCUT2D eigenvalue weighted by molar-refractivity contribution is 0.112. The SMILES string of the molecule is CO.O=Cc1cccc(-c2cc(F)c3ncc(Cc4ccc5ncccc5c4)n3c2)c1. The van der Waals surface area contributed by atoms with Crippen LogP contribution in [0.25, 0.3) is 27.7 Å². The minimum absolute atomic E-state index is 0.290. The Morgan fingerprint density at radius 2 is 1.87 bits per heavy atom. The first-order valence-electron chi connectivity index (χ1n) is 9.71. The second kappa shape index (κ2) is 8.85. The van der Waals surface area contributed by atoms with Crippen LogP contribution in [0.3, 0.4) is 0 Å². The fraction of sp³-hybridized carbons (Fsp3) is 0.0800. The minimum atomic E-state index is -0.395. The van der Waals surface area contributed by atoms with Gasteiger partial charge in [-0.1, -0.05) is 30.3 Å². The first-order chi connectivity index (χ1) is 15.2. The molecule has 5 aromatic rings. The van der Waals surface area contributed by atoms with Crippen molar-refractivity contribution in [1.29, 1.82) is 0 Å². The molecule has 0 aliphatic heterocycles. The number of fused-ring (bicyclic) bond motifs is 2. The molecule has 5 nitrogen and oxygen atoms in total. The monoisotopic (exact) mass is 413 g/mol. The van der Waals surface area contributed by atoms with Gasteiger partial charge in [-0.2, -0.15) is 0 Å². The van der Waals surface area contributed by atoms with Crippen LogP contribution in [0.1, 0.15) is 21.6 Å². The number of rotatable bonds is 4. The van der Waals surface area contributed by atoms with Gasteiger partial charge in [-0.25, -0.2) is 9.37 Å². The summed E-state index contributed by atoms with van der Waals surface area (Å²) in [5.41, 5.74) is 5.25. The lowest BCUT2D eigenvalue weighted by Gasteiger charge is -2.08. The summed E-state index contributed by atoms with van der Waals surface area (Å²) in [4.78, 5) is 19.7. The zero-order valence-electron chi connectivity index (χ0n) is 16.9. The third kappa shape index (κ3) is 4.06. The number of carbonyl (C=O) groups excluding carboxylic acids is 1. The van der Waals surface area contributed by atoms with E-state index in [1.807, 2.05) is 36.5 Å². The maximum Gasteiger partial charge on any atom is 0.173 e. The molecule has 0 aliphatic rings. The van der Waals surface area contributed by atoms with Crippen LogP contribution in [0, 0.1) is 5.82 Å². The van der Waals surface area contributed by atoms with Crippen molar-refractivity contribution in [3.05, 3.63) is 102 Å². The molecule has 2 aromatic carbocycles. The lowest BCUT2D eigenvalue weighted by atomic mass is 10.0. The largest absolute Gasteiger partial charge is 0.400 e. The second-order valence-corrected chi connectivity index (χ2v) is 6.97. The van der Waals surface area contributed by atoms with E-state index in [1.165, 1.54) is 6.07 Å². The highest BCUT2D eigenvalue weighted by Crippen LogP contribution is 2.25. The van der Waals surface area contributed by atoms with Crippen LogP contribution in [-0.4, -0.2) is 32.9 Å². The third-order valence-corrected chi connectivity index (χ3v) is 5.05. The molecule has 31 heavy (non-hydrogen) atoms. The van der Waals surface area contributed by atoms with Crippen molar-refractivity contribution in [2.45, 2.75) is 6.42 Å². The number of aliphatic hydroxyl groups excluding tert-OH is 1. The van der Waals surface area contributed by atoms with Crippen LogP contribution in [0.15, 0.2) is 79.3 Å². The molecule has 0 radical (unpaired) electrons. The maximum absolute atomic E-state index is 14.7. The van der Waals surface area contributed by atoms with Gasteiger partial charge >= 0.3 is 0 Å². The number of pyridine rings is 2. The molecule has 0 saturated carbocycles. The maximum atomic E-state index is 14.7. The topological polar surface area (TPSA) is 67.5 Å². The van der Waals surface area contributed by atoms with Crippen molar-refractivity contribution in [2.24, 2.45) is 0 Å². The molecule has 6 heteroatoms. The molecule has 5 rings (SSSR count). The van der Waals surface area contributed by atoms with E-state index in [4.69, 9.17) is 5.11 Å². The molecule has 3 aromatic heterocycles. The number of imidazole rings is 1. The summed E-state index contributed by atoms with van der Waals surface area (Å²) >= 11 is 0. The summed E-state index contributed by atoms with van der Waals surface area (Å²) < 4.78 is 16.5. The fourth-order valence-electron chi connectivity index (χ4n) is 3.62. The number of aldehydes is 1. The van der Waals surface area contributed by atoms with Crippen LogP contribution >= 0.6 is 0 Å². The van der Waals surface area contributed by atoms with Gasteiger partial charge in [0.15, 0.2) is 11.5 Å². The molecule has 0 spiro atoms. The van der Waals surface area contributed by atoms with Crippen molar-refractivity contribution in [2.75, 3.05) is 7.11 Å². The molecule has 0 bridgehead atoms. The zero-order valence-corrected chi connectivity index (χ0v) is 16.9. The number of nitrogens with zero attached hydrogens (tertiary/aromatic N) is 3. The highest BCUT2D eigenvalue weighted by atomic mass is 19.1. The van der Waals surface area contributed by atoms with Crippen LogP contribution < -0.4 is 0 Å². The predicted octanol–water partition coefficient (Wildman–Crippen LogP) is 4.70. The molecule has 0 aliphatic carbocycles. The number of halogens is 1. The Morgan fingerprint density at radius 3 is 2.71 bits per heavy atom. The first kappa shape index (κ1) is 20.4. The Morgan fingerprint density at radius 1 is 1.00 bits per heavy atom. The number of hydrogen-bond donors (Lipinski definition) is 1. The number of aliphatic hydroxyl groups is 1. The Hall–Kier alpha value is -3.90. The summed E-state index contributed by atoms with van der Waals surface area (Å²) in [7, 11) is 1.00. The van der Waals surface area contributed by atoms with E-state index in [9.17, 15) is 9.18 Å². The summed E-state index contributed by atoms with van der Waals surface area (Å²) in [5.74, 6) is -0.395. The zero-order chi connectivity index (χ0) is 21.8. The van der Waals surface area contributed by atoms with Gasteiger partial charge in [0.25, 0.3) is 0 Å². The minimum Gasteiger partial charge on any atom is -0.400 e. The number of aromatic nitrogens is 3. The second-order valence-electron chi connectivity index (χ2n) is 6.97. The summed E-state index contributed by atoms with van der Waals surface area (Å²) in [6.07, 6.45) is 6.75. The van der Waals surface area contributed by atoms with Crippen molar-refractivity contribution < 1.29 is 14.3 Å². The van der Waals surface area contributed by atoms with Crippen molar-refractivity contribution in [3.63, 3.8) is 0 Å². The third-order valence-electron chi connectivity index (χ3n) is 5.05. The molecule has 0 amide bonds. The van der Waals surface area contributed by atoms with Gasteiger partial charge in [0, 0.05) is 54.3 Å². The lowest BCUT2D eigenvalue weighted by Crippen LogP contribution is -1.98.